The highest BCUT2D eigenvalue weighted by Gasteiger charge is 2.17. The predicted molar refractivity (Wildman–Crippen MR) is 124 cm³/mol. The molecule has 1 aromatic heterocycles. The summed E-state index contributed by atoms with van der Waals surface area (Å²) < 4.78 is 0. The van der Waals surface area contributed by atoms with Gasteiger partial charge < -0.3 is 21.5 Å². The van der Waals surface area contributed by atoms with E-state index in [1.54, 1.807) is 6.92 Å². The minimum atomic E-state index is -0.859. The van der Waals surface area contributed by atoms with Crippen LogP contribution in [0.3, 0.4) is 0 Å². The maximum Gasteiger partial charge on any atom is 0.144 e. The van der Waals surface area contributed by atoms with Crippen molar-refractivity contribution in [1.82, 2.24) is 10.3 Å². The van der Waals surface area contributed by atoms with Crippen LogP contribution in [-0.4, -0.2) is 40.8 Å². The van der Waals surface area contributed by atoms with Crippen LogP contribution in [0, 0.1) is 6.92 Å². The summed E-state index contributed by atoms with van der Waals surface area (Å²) in [6.45, 7) is 11.1. The fraction of sp³-hybridized carbons (Fsp3) is 0.565. The van der Waals surface area contributed by atoms with Gasteiger partial charge in [0.25, 0.3) is 0 Å². The standard InChI is InChI=1S/C23H37N5O/c1-6-17(7-2)27-18(8-3)13-14-25-23-21(22(24)26-16(5)29)15(4)19-11-9-10-12-20(19)28-23/h9-12,16-18,27,29H,6-8,13-14H2,1-5H3,(H2,24,26)(H,25,28). The Morgan fingerprint density at radius 1 is 1.14 bits per heavy atom. The molecule has 2 rings (SSSR count). The number of fused-ring (bicyclic) bond motifs is 1. The molecule has 0 amide bonds. The van der Waals surface area contributed by atoms with E-state index in [9.17, 15) is 5.11 Å². The molecule has 0 fully saturated rings. The largest absolute Gasteiger partial charge is 0.383 e. The second-order valence-electron chi connectivity index (χ2n) is 7.62. The van der Waals surface area contributed by atoms with Crippen LogP contribution in [0.5, 0.6) is 0 Å². The second kappa shape index (κ2) is 11.1. The van der Waals surface area contributed by atoms with Crippen molar-refractivity contribution in [3.63, 3.8) is 0 Å². The Hall–Kier alpha value is -2.18. The van der Waals surface area contributed by atoms with E-state index in [-0.39, 0.29) is 0 Å². The van der Waals surface area contributed by atoms with Gasteiger partial charge in [-0.25, -0.2) is 9.98 Å². The van der Waals surface area contributed by atoms with Crippen LogP contribution in [0.25, 0.3) is 10.9 Å². The number of pyridine rings is 1. The van der Waals surface area contributed by atoms with Crippen molar-refractivity contribution >= 4 is 22.6 Å². The summed E-state index contributed by atoms with van der Waals surface area (Å²) in [5, 5.41) is 17.9. The molecule has 5 N–H and O–H groups in total. The Morgan fingerprint density at radius 2 is 1.79 bits per heavy atom. The molecule has 0 aliphatic carbocycles. The van der Waals surface area contributed by atoms with Gasteiger partial charge in [0.2, 0.25) is 0 Å². The lowest BCUT2D eigenvalue weighted by molar-refractivity contribution is 0.205. The predicted octanol–water partition coefficient (Wildman–Crippen LogP) is 3.95. The van der Waals surface area contributed by atoms with Crippen LogP contribution in [0.1, 0.15) is 64.5 Å². The van der Waals surface area contributed by atoms with E-state index in [1.807, 2.05) is 31.2 Å². The Kier molecular flexibility index (Phi) is 8.86. The van der Waals surface area contributed by atoms with E-state index >= 15 is 0 Å². The summed E-state index contributed by atoms with van der Waals surface area (Å²) in [5.74, 6) is 1.03. The normalized spacial score (nSPS) is 14.4. The van der Waals surface area contributed by atoms with Crippen LogP contribution in [0.2, 0.25) is 0 Å². The first-order valence-corrected chi connectivity index (χ1v) is 10.8. The molecule has 2 aromatic rings. The van der Waals surface area contributed by atoms with E-state index in [2.05, 4.69) is 36.4 Å². The number of hydrogen-bond donors (Lipinski definition) is 4. The zero-order chi connectivity index (χ0) is 21.4. The summed E-state index contributed by atoms with van der Waals surface area (Å²) >= 11 is 0. The van der Waals surface area contributed by atoms with Gasteiger partial charge in [0.05, 0.1) is 11.1 Å². The molecular weight excluding hydrogens is 362 g/mol. The minimum Gasteiger partial charge on any atom is -0.383 e. The number of aliphatic hydroxyl groups excluding tert-OH is 1. The van der Waals surface area contributed by atoms with Gasteiger partial charge in [-0.1, -0.05) is 39.0 Å². The summed E-state index contributed by atoms with van der Waals surface area (Å²) in [6.07, 6.45) is 3.50. The number of aromatic nitrogens is 1. The van der Waals surface area contributed by atoms with Crippen molar-refractivity contribution in [2.24, 2.45) is 10.7 Å². The lowest BCUT2D eigenvalue weighted by Crippen LogP contribution is -2.38. The van der Waals surface area contributed by atoms with Crippen LogP contribution < -0.4 is 16.4 Å². The highest BCUT2D eigenvalue weighted by Crippen LogP contribution is 2.26. The molecule has 2 unspecified atom stereocenters. The van der Waals surface area contributed by atoms with E-state index in [0.717, 1.165) is 60.1 Å². The number of aryl methyl sites for hydroxylation is 1. The van der Waals surface area contributed by atoms with Gasteiger partial charge in [0, 0.05) is 24.0 Å². The number of rotatable bonds is 11. The van der Waals surface area contributed by atoms with E-state index in [4.69, 9.17) is 10.7 Å². The SMILES string of the molecule is CCC(CC)NC(CC)CCNc1nc2ccccc2c(C)c1C(N)=NC(C)O. The van der Waals surface area contributed by atoms with Gasteiger partial charge in [-0.15, -0.1) is 0 Å². The van der Waals surface area contributed by atoms with Crippen molar-refractivity contribution in [3.8, 4) is 0 Å². The Labute approximate surface area is 175 Å². The van der Waals surface area contributed by atoms with Crippen molar-refractivity contribution in [3.05, 3.63) is 35.4 Å². The number of nitrogens with one attached hydrogen (secondary N) is 2. The van der Waals surface area contributed by atoms with Gasteiger partial charge in [-0.05, 0) is 51.2 Å². The van der Waals surface area contributed by atoms with E-state index < -0.39 is 6.23 Å². The molecule has 1 aromatic carbocycles. The topological polar surface area (TPSA) is 95.6 Å². The Bertz CT molecular complexity index is 814. The van der Waals surface area contributed by atoms with Crippen molar-refractivity contribution in [1.29, 1.82) is 0 Å². The number of nitrogens with two attached hydrogens (primary N) is 1. The number of hydrogen-bond acceptors (Lipinski definition) is 5. The molecule has 0 spiro atoms. The average Bonchev–Trinajstić information content (AvgIpc) is 2.70. The molecule has 160 valence electrons. The maximum absolute atomic E-state index is 9.67. The quantitative estimate of drug-likeness (QED) is 0.339. The summed E-state index contributed by atoms with van der Waals surface area (Å²) in [4.78, 5) is 8.96. The molecule has 2 atom stereocenters. The zero-order valence-corrected chi connectivity index (χ0v) is 18.5. The lowest BCUT2D eigenvalue weighted by atomic mass is 10.0. The third-order valence-electron chi connectivity index (χ3n) is 5.47. The first-order chi connectivity index (χ1) is 13.9. The fourth-order valence-electron chi connectivity index (χ4n) is 3.71. The second-order valence-corrected chi connectivity index (χ2v) is 7.62. The van der Waals surface area contributed by atoms with Gasteiger partial charge >= 0.3 is 0 Å². The fourth-order valence-corrected chi connectivity index (χ4v) is 3.71. The van der Waals surface area contributed by atoms with E-state index in [0.29, 0.717) is 17.9 Å². The first kappa shape index (κ1) is 23.1. The van der Waals surface area contributed by atoms with E-state index in [1.165, 1.54) is 0 Å². The molecule has 0 bridgehead atoms. The Balaban J connectivity index is 2.26. The number of nitrogens with zero attached hydrogens (tertiary/aromatic N) is 2. The van der Waals surface area contributed by atoms with Crippen LogP contribution in [0.4, 0.5) is 5.82 Å². The first-order valence-electron chi connectivity index (χ1n) is 10.8. The molecule has 0 saturated heterocycles. The van der Waals surface area contributed by atoms with Crippen LogP contribution >= 0.6 is 0 Å². The monoisotopic (exact) mass is 399 g/mol. The summed E-state index contributed by atoms with van der Waals surface area (Å²) in [7, 11) is 0. The number of amidine groups is 1. The highest BCUT2D eigenvalue weighted by atomic mass is 16.3. The number of aliphatic hydroxyl groups is 1. The van der Waals surface area contributed by atoms with Crippen molar-refractivity contribution in [2.75, 3.05) is 11.9 Å². The zero-order valence-electron chi connectivity index (χ0n) is 18.5. The number of aliphatic imine (C=N–C) groups is 1. The van der Waals surface area contributed by atoms with Crippen LogP contribution in [0.15, 0.2) is 29.3 Å². The maximum atomic E-state index is 9.67. The molecule has 0 aliphatic rings. The Morgan fingerprint density at radius 3 is 2.41 bits per heavy atom. The third kappa shape index (κ3) is 6.15. The molecule has 0 saturated carbocycles. The van der Waals surface area contributed by atoms with Gasteiger partial charge in [0.1, 0.15) is 17.9 Å². The molecular formula is C23H37N5O. The van der Waals surface area contributed by atoms with Crippen LogP contribution in [-0.2, 0) is 0 Å². The van der Waals surface area contributed by atoms with Gasteiger partial charge in [-0.2, -0.15) is 0 Å². The molecule has 6 nitrogen and oxygen atoms in total. The smallest absolute Gasteiger partial charge is 0.144 e. The third-order valence-corrected chi connectivity index (χ3v) is 5.47. The van der Waals surface area contributed by atoms with Crippen molar-refractivity contribution in [2.45, 2.75) is 78.6 Å². The van der Waals surface area contributed by atoms with Crippen molar-refractivity contribution < 1.29 is 5.11 Å². The lowest BCUT2D eigenvalue weighted by Gasteiger charge is -2.24. The summed E-state index contributed by atoms with van der Waals surface area (Å²) in [6, 6.07) is 9.03. The van der Waals surface area contributed by atoms with Gasteiger partial charge in [-0.3, -0.25) is 0 Å². The minimum absolute atomic E-state index is 0.306. The number of benzene rings is 1. The highest BCUT2D eigenvalue weighted by molar-refractivity contribution is 6.06. The summed E-state index contributed by atoms with van der Waals surface area (Å²) in [5.41, 5.74) is 8.95. The molecule has 1 heterocycles. The van der Waals surface area contributed by atoms with Gasteiger partial charge in [0.15, 0.2) is 0 Å². The number of anilines is 1. The average molecular weight is 400 g/mol. The molecule has 0 radical (unpaired) electrons. The number of para-hydroxylation sites is 1. The molecule has 6 heteroatoms. The molecule has 0 aliphatic heterocycles. The molecule has 29 heavy (non-hydrogen) atoms.